The number of hydrogen-bond donors (Lipinski definition) is 2. The van der Waals surface area contributed by atoms with Gasteiger partial charge in [0.1, 0.15) is 6.26 Å². The molecule has 0 bridgehead atoms. The molecular weight excluding hydrogens is 112 g/mol. The molecule has 0 saturated heterocycles. The summed E-state index contributed by atoms with van der Waals surface area (Å²) < 4.78 is 10.2. The number of amidine groups is 1. The Labute approximate surface area is 45.8 Å². The molecule has 0 aromatic heterocycles. The average molecular weight is 120 g/mol. The maximum absolute atomic E-state index is 10.2. The van der Waals surface area contributed by atoms with Crippen LogP contribution >= 0.6 is 0 Å². The Bertz CT molecular complexity index is 73.3. The summed E-state index contributed by atoms with van der Waals surface area (Å²) in [5.41, 5.74) is 0. The van der Waals surface area contributed by atoms with E-state index in [1.807, 2.05) is 0 Å². The molecule has 3 nitrogen and oxygen atoms in total. The molecule has 0 aromatic carbocycles. The highest BCUT2D eigenvalue weighted by Gasteiger charge is 2.01. The molecule has 4 heteroatoms. The highest BCUT2D eigenvalue weighted by atomic mass is 32.2. The molecule has 0 radical (unpaired) electrons. The van der Waals surface area contributed by atoms with Crippen LogP contribution in [0.3, 0.4) is 0 Å². The first-order valence-electron chi connectivity index (χ1n) is 1.78. The first-order chi connectivity index (χ1) is 3.18. The third-order valence-corrected chi connectivity index (χ3v) is 1.29. The van der Waals surface area contributed by atoms with E-state index < -0.39 is 11.2 Å². The standard InChI is InChI=1S/C3H8N2OS/c1-5-3(4)7(2)6/h1-2H3,(H2,4,5). The van der Waals surface area contributed by atoms with Crippen LogP contribution in [0.1, 0.15) is 0 Å². The molecule has 1 atom stereocenters. The largest absolute Gasteiger partial charge is 0.609 e. The van der Waals surface area contributed by atoms with Gasteiger partial charge < -0.3 is 9.87 Å². The van der Waals surface area contributed by atoms with Gasteiger partial charge in [0.25, 0.3) is 0 Å². The fraction of sp³-hybridized carbons (Fsp3) is 0.667. The van der Waals surface area contributed by atoms with Crippen molar-refractivity contribution < 1.29 is 4.55 Å². The molecule has 42 valence electrons. The summed E-state index contributed by atoms with van der Waals surface area (Å²) in [4.78, 5) is 0. The second-order valence-electron chi connectivity index (χ2n) is 1.03. The van der Waals surface area contributed by atoms with E-state index >= 15 is 0 Å². The molecule has 2 N–H and O–H groups in total. The van der Waals surface area contributed by atoms with Crippen molar-refractivity contribution in [3.05, 3.63) is 0 Å². The van der Waals surface area contributed by atoms with E-state index in [9.17, 15) is 4.55 Å². The van der Waals surface area contributed by atoms with Gasteiger partial charge in [-0.05, 0) is 0 Å². The molecule has 0 aliphatic heterocycles. The normalized spacial score (nSPS) is 13.0. The van der Waals surface area contributed by atoms with Gasteiger partial charge in [0, 0.05) is 18.2 Å². The number of nitrogens with one attached hydrogen (secondary N) is 2. The fourth-order valence-electron chi connectivity index (χ4n) is 0.144. The predicted molar refractivity (Wildman–Crippen MR) is 30.9 cm³/mol. The van der Waals surface area contributed by atoms with Gasteiger partial charge in [-0.2, -0.15) is 0 Å². The third kappa shape index (κ3) is 2.47. The van der Waals surface area contributed by atoms with Crippen LogP contribution in [-0.2, 0) is 11.2 Å². The summed E-state index contributed by atoms with van der Waals surface area (Å²) >= 11 is -1.14. The molecule has 0 amide bonds. The quantitative estimate of drug-likeness (QED) is 0.258. The van der Waals surface area contributed by atoms with E-state index in [1.165, 1.54) is 6.26 Å². The van der Waals surface area contributed by atoms with Crippen molar-refractivity contribution in [3.8, 4) is 0 Å². The lowest BCUT2D eigenvalue weighted by Gasteiger charge is -2.01. The maximum atomic E-state index is 10.2. The number of rotatable bonds is 0. The van der Waals surface area contributed by atoms with Crippen molar-refractivity contribution in [1.29, 1.82) is 5.41 Å². The Morgan fingerprint density at radius 1 is 1.86 bits per heavy atom. The lowest BCUT2D eigenvalue weighted by molar-refractivity contribution is 0.610. The van der Waals surface area contributed by atoms with E-state index in [4.69, 9.17) is 5.41 Å². The first kappa shape index (κ1) is 6.78. The van der Waals surface area contributed by atoms with E-state index in [1.54, 1.807) is 7.05 Å². The van der Waals surface area contributed by atoms with Crippen LogP contribution in [0.25, 0.3) is 0 Å². The van der Waals surface area contributed by atoms with Crippen molar-refractivity contribution in [3.63, 3.8) is 0 Å². The molecule has 0 saturated carbocycles. The molecule has 0 spiro atoms. The van der Waals surface area contributed by atoms with Crippen molar-refractivity contribution in [1.82, 2.24) is 5.32 Å². The van der Waals surface area contributed by atoms with Crippen molar-refractivity contribution in [2.24, 2.45) is 0 Å². The van der Waals surface area contributed by atoms with E-state index in [-0.39, 0.29) is 5.17 Å². The smallest absolute Gasteiger partial charge is 0.308 e. The predicted octanol–water partition coefficient (Wildman–Crippen LogP) is -0.481. The lowest BCUT2D eigenvalue weighted by Crippen LogP contribution is -2.25. The van der Waals surface area contributed by atoms with E-state index in [2.05, 4.69) is 5.32 Å². The summed E-state index contributed by atoms with van der Waals surface area (Å²) in [7, 11) is 1.57. The zero-order valence-corrected chi connectivity index (χ0v) is 5.13. The minimum atomic E-state index is -1.14. The lowest BCUT2D eigenvalue weighted by atomic mass is 11.2. The molecule has 0 aromatic rings. The fourth-order valence-corrected chi connectivity index (χ4v) is 0.431. The first-order valence-corrected chi connectivity index (χ1v) is 3.34. The third-order valence-electron chi connectivity index (χ3n) is 0.515. The Hall–Kier alpha value is -0.220. The molecule has 0 aliphatic carbocycles. The average Bonchev–Trinajstić information content (AvgIpc) is 1.65. The topological polar surface area (TPSA) is 58.9 Å². The summed E-state index contributed by atoms with van der Waals surface area (Å²) in [6, 6.07) is 0. The van der Waals surface area contributed by atoms with Gasteiger partial charge in [-0.1, -0.05) is 0 Å². The summed E-state index contributed by atoms with van der Waals surface area (Å²) in [5.74, 6) is 0. The minimum Gasteiger partial charge on any atom is -0.609 e. The Balaban J connectivity index is 3.35. The Morgan fingerprint density at radius 3 is 2.29 bits per heavy atom. The molecule has 0 fully saturated rings. The van der Waals surface area contributed by atoms with E-state index in [0.29, 0.717) is 0 Å². The SMILES string of the molecule is CNC(=N)[S+](C)[O-]. The molecule has 0 heterocycles. The number of hydrogen-bond acceptors (Lipinski definition) is 2. The van der Waals surface area contributed by atoms with Crippen LogP contribution < -0.4 is 5.32 Å². The van der Waals surface area contributed by atoms with Gasteiger partial charge in [-0.15, -0.1) is 0 Å². The van der Waals surface area contributed by atoms with Crippen LogP contribution in [0.2, 0.25) is 0 Å². The molecule has 0 rings (SSSR count). The van der Waals surface area contributed by atoms with E-state index in [0.717, 1.165) is 0 Å². The van der Waals surface area contributed by atoms with Gasteiger partial charge >= 0.3 is 5.17 Å². The summed E-state index contributed by atoms with van der Waals surface area (Å²) in [5, 5.41) is 9.30. The van der Waals surface area contributed by atoms with Crippen molar-refractivity contribution in [2.45, 2.75) is 0 Å². The molecule has 0 aliphatic rings. The van der Waals surface area contributed by atoms with Gasteiger partial charge in [0.2, 0.25) is 0 Å². The highest BCUT2D eigenvalue weighted by Crippen LogP contribution is 1.78. The second kappa shape index (κ2) is 2.87. The molecular formula is C3H8N2OS. The Morgan fingerprint density at radius 2 is 2.29 bits per heavy atom. The Kier molecular flexibility index (Phi) is 2.78. The summed E-state index contributed by atoms with van der Waals surface area (Å²) in [6.07, 6.45) is 1.46. The van der Waals surface area contributed by atoms with Crippen LogP contribution in [0, 0.1) is 5.41 Å². The van der Waals surface area contributed by atoms with Gasteiger partial charge in [0.05, 0.1) is 0 Å². The van der Waals surface area contributed by atoms with Gasteiger partial charge in [-0.25, -0.2) is 5.41 Å². The van der Waals surface area contributed by atoms with Crippen molar-refractivity contribution >= 4 is 16.3 Å². The van der Waals surface area contributed by atoms with Crippen LogP contribution in [0.15, 0.2) is 0 Å². The molecule has 7 heavy (non-hydrogen) atoms. The minimum absolute atomic E-state index is 0.0694. The zero-order valence-electron chi connectivity index (χ0n) is 4.32. The van der Waals surface area contributed by atoms with Gasteiger partial charge in [0.15, 0.2) is 0 Å². The maximum Gasteiger partial charge on any atom is 0.308 e. The van der Waals surface area contributed by atoms with Crippen LogP contribution in [0.5, 0.6) is 0 Å². The van der Waals surface area contributed by atoms with Crippen molar-refractivity contribution in [2.75, 3.05) is 13.3 Å². The van der Waals surface area contributed by atoms with Crippen LogP contribution in [0.4, 0.5) is 0 Å². The van der Waals surface area contributed by atoms with Crippen LogP contribution in [-0.4, -0.2) is 23.0 Å². The molecule has 1 unspecified atom stereocenters. The van der Waals surface area contributed by atoms with Gasteiger partial charge in [-0.3, -0.25) is 0 Å². The summed E-state index contributed by atoms with van der Waals surface area (Å²) in [6.45, 7) is 0. The highest BCUT2D eigenvalue weighted by molar-refractivity contribution is 8.05. The zero-order chi connectivity index (χ0) is 5.86. The second-order valence-corrected chi connectivity index (χ2v) is 2.35. The monoisotopic (exact) mass is 120 g/mol.